The predicted octanol–water partition coefficient (Wildman–Crippen LogP) is 5.26. The zero-order chi connectivity index (χ0) is 24.9. The van der Waals surface area contributed by atoms with Gasteiger partial charge >= 0.3 is 0 Å². The van der Waals surface area contributed by atoms with Gasteiger partial charge in [0.2, 0.25) is 0 Å². The molecule has 0 bridgehead atoms. The van der Waals surface area contributed by atoms with Crippen LogP contribution in [0.25, 0.3) is 0 Å². The highest BCUT2D eigenvalue weighted by molar-refractivity contribution is 6.02. The maximum absolute atomic E-state index is 14.0. The lowest BCUT2D eigenvalue weighted by atomic mass is 9.67. The number of hydrogen-bond donors (Lipinski definition) is 0. The Morgan fingerprint density at radius 2 is 1.29 bits per heavy atom. The van der Waals surface area contributed by atoms with Crippen LogP contribution in [0, 0.1) is 25.7 Å². The Morgan fingerprint density at radius 3 is 1.77 bits per heavy atom. The van der Waals surface area contributed by atoms with Crippen LogP contribution < -0.4 is 0 Å². The molecular formula is C31H36N2O2. The summed E-state index contributed by atoms with van der Waals surface area (Å²) < 4.78 is 0. The van der Waals surface area contributed by atoms with Gasteiger partial charge in [-0.1, -0.05) is 78.9 Å². The van der Waals surface area contributed by atoms with Gasteiger partial charge in [0.05, 0.1) is 0 Å². The van der Waals surface area contributed by atoms with Gasteiger partial charge < -0.3 is 9.80 Å². The lowest BCUT2D eigenvalue weighted by Crippen LogP contribution is -2.51. The molecule has 4 rings (SSSR count). The first-order chi connectivity index (χ1) is 16.9. The van der Waals surface area contributed by atoms with Crippen LogP contribution in [0.1, 0.15) is 43.3 Å². The molecule has 0 radical (unpaired) electrons. The Labute approximate surface area is 209 Å². The molecule has 0 aliphatic carbocycles. The fraction of sp³-hybridized carbons (Fsp3) is 0.355. The molecule has 0 saturated carbocycles. The smallest absolute Gasteiger partial charge is 0.167 e. The average Bonchev–Trinajstić information content (AvgIpc) is 2.89. The summed E-state index contributed by atoms with van der Waals surface area (Å²) >= 11 is 0. The summed E-state index contributed by atoms with van der Waals surface area (Å²) in [5.41, 5.74) is 4.92. The zero-order valence-corrected chi connectivity index (χ0v) is 21.3. The number of likely N-dealkylation sites (tertiary alicyclic amines) is 1. The minimum absolute atomic E-state index is 0.122. The van der Waals surface area contributed by atoms with Crippen LogP contribution in [0.2, 0.25) is 0 Å². The number of nitrogens with zero attached hydrogens (tertiary/aromatic N) is 2. The second-order valence-corrected chi connectivity index (χ2v) is 10.1. The van der Waals surface area contributed by atoms with Crippen molar-refractivity contribution in [3.05, 3.63) is 107 Å². The zero-order valence-electron chi connectivity index (χ0n) is 21.3. The molecule has 1 saturated heterocycles. The van der Waals surface area contributed by atoms with Crippen LogP contribution in [-0.2, 0) is 0 Å². The van der Waals surface area contributed by atoms with Gasteiger partial charge in [0.25, 0.3) is 0 Å². The molecule has 0 amide bonds. The maximum Gasteiger partial charge on any atom is 0.167 e. The van der Waals surface area contributed by atoms with Gasteiger partial charge in [-0.2, -0.15) is 0 Å². The summed E-state index contributed by atoms with van der Waals surface area (Å²) in [6.07, 6.45) is 0. The van der Waals surface area contributed by atoms with Crippen LogP contribution in [0.5, 0.6) is 0 Å². The van der Waals surface area contributed by atoms with Crippen LogP contribution in [0.3, 0.4) is 0 Å². The molecule has 0 aromatic heterocycles. The van der Waals surface area contributed by atoms with E-state index in [0.29, 0.717) is 24.2 Å². The number of piperidine rings is 1. The second kappa shape index (κ2) is 11.1. The van der Waals surface area contributed by atoms with Crippen LogP contribution in [0.4, 0.5) is 0 Å². The number of benzene rings is 3. The van der Waals surface area contributed by atoms with Gasteiger partial charge in [-0.3, -0.25) is 9.59 Å². The number of hydrogen-bond acceptors (Lipinski definition) is 4. The number of Topliss-reactive ketones (excluding diaryl/α,β-unsaturated/α-hetero) is 2. The largest absolute Gasteiger partial charge is 0.308 e. The fourth-order valence-corrected chi connectivity index (χ4v) is 5.36. The first-order valence-electron chi connectivity index (χ1n) is 12.5. The molecule has 1 heterocycles. The van der Waals surface area contributed by atoms with Crippen LogP contribution in [-0.4, -0.2) is 61.6 Å². The van der Waals surface area contributed by atoms with E-state index in [1.165, 1.54) is 11.1 Å². The molecule has 4 nitrogen and oxygen atoms in total. The van der Waals surface area contributed by atoms with E-state index in [-0.39, 0.29) is 29.3 Å². The van der Waals surface area contributed by atoms with Crippen molar-refractivity contribution in [2.45, 2.75) is 19.8 Å². The number of aryl methyl sites for hydroxylation is 1. The summed E-state index contributed by atoms with van der Waals surface area (Å²) in [6.45, 7) is 7.23. The third-order valence-corrected chi connectivity index (χ3v) is 7.44. The SMILES string of the molecule is Cc1cccc(C2C(C(=O)c3ccccc3)CN(CCN(C)C)CC2C(=O)c2ccccc2)c1C. The van der Waals surface area contributed by atoms with Crippen molar-refractivity contribution in [2.24, 2.45) is 11.8 Å². The summed E-state index contributed by atoms with van der Waals surface area (Å²) in [5.74, 6) is -0.530. The monoisotopic (exact) mass is 468 g/mol. The van der Waals surface area contributed by atoms with Crippen molar-refractivity contribution in [2.75, 3.05) is 40.3 Å². The molecule has 1 aliphatic rings. The van der Waals surface area contributed by atoms with Crippen molar-refractivity contribution in [1.29, 1.82) is 0 Å². The van der Waals surface area contributed by atoms with Crippen molar-refractivity contribution >= 4 is 11.6 Å². The lowest BCUT2D eigenvalue weighted by Gasteiger charge is -2.44. The summed E-state index contributed by atoms with van der Waals surface area (Å²) in [4.78, 5) is 32.5. The van der Waals surface area contributed by atoms with Crippen molar-refractivity contribution < 1.29 is 9.59 Å². The molecular weight excluding hydrogens is 432 g/mol. The van der Waals surface area contributed by atoms with Crippen molar-refractivity contribution in [3.8, 4) is 0 Å². The normalized spacial score (nSPS) is 20.7. The minimum Gasteiger partial charge on any atom is -0.308 e. The van der Waals surface area contributed by atoms with Crippen LogP contribution in [0.15, 0.2) is 78.9 Å². The topological polar surface area (TPSA) is 40.6 Å². The Bertz CT molecular complexity index is 1100. The van der Waals surface area contributed by atoms with Crippen molar-refractivity contribution in [1.82, 2.24) is 9.80 Å². The number of carbonyl (C=O) groups is 2. The van der Waals surface area contributed by atoms with Gasteiger partial charge in [0.1, 0.15) is 0 Å². The molecule has 3 aromatic carbocycles. The molecule has 4 heteroatoms. The van der Waals surface area contributed by atoms with E-state index in [9.17, 15) is 9.59 Å². The van der Waals surface area contributed by atoms with E-state index in [2.05, 4.69) is 55.9 Å². The highest BCUT2D eigenvalue weighted by atomic mass is 16.1. The van der Waals surface area contributed by atoms with E-state index in [0.717, 1.165) is 18.7 Å². The van der Waals surface area contributed by atoms with Crippen LogP contribution >= 0.6 is 0 Å². The van der Waals surface area contributed by atoms with E-state index in [1.807, 2.05) is 60.7 Å². The predicted molar refractivity (Wildman–Crippen MR) is 142 cm³/mol. The summed E-state index contributed by atoms with van der Waals surface area (Å²) in [6, 6.07) is 25.4. The molecule has 2 unspecified atom stereocenters. The van der Waals surface area contributed by atoms with E-state index in [1.54, 1.807) is 0 Å². The molecule has 1 aliphatic heterocycles. The fourth-order valence-electron chi connectivity index (χ4n) is 5.36. The molecule has 0 N–H and O–H groups in total. The Kier molecular flexibility index (Phi) is 7.94. The molecule has 3 aromatic rings. The first-order valence-corrected chi connectivity index (χ1v) is 12.5. The molecule has 0 spiro atoms. The van der Waals surface area contributed by atoms with Gasteiger partial charge in [0.15, 0.2) is 11.6 Å². The highest BCUT2D eigenvalue weighted by Gasteiger charge is 2.45. The molecule has 35 heavy (non-hydrogen) atoms. The van der Waals surface area contributed by atoms with E-state index in [4.69, 9.17) is 0 Å². The molecule has 2 atom stereocenters. The number of ketones is 2. The standard InChI is InChI=1S/C31H36N2O2/c1-22-12-11-17-26(23(22)2)29-27(30(34)24-13-7-5-8-14-24)20-33(19-18-32(3)4)21-28(29)31(35)25-15-9-6-10-16-25/h5-17,27-29H,18-21H2,1-4H3. The van der Waals surface area contributed by atoms with E-state index < -0.39 is 0 Å². The third-order valence-electron chi connectivity index (χ3n) is 7.44. The minimum atomic E-state index is -0.300. The van der Waals surface area contributed by atoms with Crippen molar-refractivity contribution in [3.63, 3.8) is 0 Å². The third kappa shape index (κ3) is 5.61. The Balaban J connectivity index is 1.83. The van der Waals surface area contributed by atoms with Gasteiger partial charge in [-0.15, -0.1) is 0 Å². The quantitative estimate of drug-likeness (QED) is 0.423. The van der Waals surface area contributed by atoms with Gasteiger partial charge in [-0.05, 0) is 44.6 Å². The number of likely N-dealkylation sites (N-methyl/N-ethyl adjacent to an activating group) is 1. The molecule has 182 valence electrons. The molecule has 1 fully saturated rings. The summed E-state index contributed by atoms with van der Waals surface area (Å²) in [7, 11) is 4.12. The maximum atomic E-state index is 14.0. The second-order valence-electron chi connectivity index (χ2n) is 10.1. The Hall–Kier alpha value is -3.08. The van der Waals surface area contributed by atoms with Gasteiger partial charge in [0, 0.05) is 55.1 Å². The van der Waals surface area contributed by atoms with Gasteiger partial charge in [-0.25, -0.2) is 0 Å². The lowest BCUT2D eigenvalue weighted by molar-refractivity contribution is 0.0559. The number of carbonyl (C=O) groups excluding carboxylic acids is 2. The van der Waals surface area contributed by atoms with E-state index >= 15 is 0 Å². The number of rotatable bonds is 8. The Morgan fingerprint density at radius 1 is 0.771 bits per heavy atom. The first kappa shape index (κ1) is 25.0. The highest BCUT2D eigenvalue weighted by Crippen LogP contribution is 2.42. The summed E-state index contributed by atoms with van der Waals surface area (Å²) in [5, 5.41) is 0. The average molecular weight is 469 g/mol.